The van der Waals surface area contributed by atoms with Crippen LogP contribution in [0.3, 0.4) is 0 Å². The Morgan fingerprint density at radius 3 is 2.74 bits per heavy atom. The Labute approximate surface area is 214 Å². The highest BCUT2D eigenvalue weighted by Gasteiger charge is 2.38. The van der Waals surface area contributed by atoms with E-state index in [2.05, 4.69) is 11.4 Å². The van der Waals surface area contributed by atoms with Gasteiger partial charge in [-0.3, -0.25) is 9.59 Å². The summed E-state index contributed by atoms with van der Waals surface area (Å²) in [5, 5.41) is 24.4. The largest absolute Gasteiger partial charge is 0.399 e. The Kier molecular flexibility index (Phi) is 8.38. The molecule has 1 fully saturated rings. The number of aliphatic hydroxyl groups excluding tert-OH is 2. The first kappa shape index (κ1) is 25.6. The lowest BCUT2D eigenvalue weighted by Crippen LogP contribution is -2.51. The summed E-state index contributed by atoms with van der Waals surface area (Å²) in [5.41, 5.74) is 8.40. The summed E-state index contributed by atoms with van der Waals surface area (Å²) in [6.45, 7) is 0.766. The summed E-state index contributed by atoms with van der Waals surface area (Å²) in [6, 6.07) is 14.7. The second kappa shape index (κ2) is 11.5. The SMILES string of the molecule is Nc1cccc(C2CCCN2C(=O)[C@H](O)[C@@H](O)C(=O)NCC2CC=C(Cc3ccccc3Cl)S2)c1. The fourth-order valence-electron chi connectivity index (χ4n) is 4.55. The van der Waals surface area contributed by atoms with E-state index >= 15 is 0 Å². The first-order valence-corrected chi connectivity index (χ1v) is 13.0. The first-order chi connectivity index (χ1) is 16.8. The maximum atomic E-state index is 12.9. The fourth-order valence-corrected chi connectivity index (χ4v) is 5.97. The van der Waals surface area contributed by atoms with Crippen molar-refractivity contribution in [3.8, 4) is 0 Å². The lowest BCUT2D eigenvalue weighted by Gasteiger charge is -2.29. The summed E-state index contributed by atoms with van der Waals surface area (Å²) in [5.74, 6) is -1.41. The lowest BCUT2D eigenvalue weighted by atomic mass is 10.0. The number of halogens is 1. The Bertz CT molecular complexity index is 1110. The zero-order valence-corrected chi connectivity index (χ0v) is 20.8. The number of rotatable bonds is 8. The van der Waals surface area contributed by atoms with Crippen molar-refractivity contribution in [3.63, 3.8) is 0 Å². The van der Waals surface area contributed by atoms with Crippen molar-refractivity contribution in [1.29, 1.82) is 0 Å². The number of amides is 2. The van der Waals surface area contributed by atoms with Crippen LogP contribution in [0, 0.1) is 0 Å². The number of thioether (sulfide) groups is 1. The molecule has 4 rings (SSSR count). The van der Waals surface area contributed by atoms with Gasteiger partial charge in [0.15, 0.2) is 12.2 Å². The molecule has 7 nitrogen and oxygen atoms in total. The fraction of sp³-hybridized carbons (Fsp3) is 0.385. The highest BCUT2D eigenvalue weighted by molar-refractivity contribution is 8.03. The van der Waals surface area contributed by atoms with E-state index in [4.69, 9.17) is 17.3 Å². The van der Waals surface area contributed by atoms with Crippen molar-refractivity contribution >= 4 is 40.9 Å². The zero-order valence-electron chi connectivity index (χ0n) is 19.3. The average molecular weight is 516 g/mol. The molecule has 186 valence electrons. The molecule has 0 saturated carbocycles. The summed E-state index contributed by atoms with van der Waals surface area (Å²) in [7, 11) is 0. The smallest absolute Gasteiger partial charge is 0.255 e. The van der Waals surface area contributed by atoms with Gasteiger partial charge in [0.25, 0.3) is 11.8 Å². The van der Waals surface area contributed by atoms with Crippen molar-refractivity contribution in [2.24, 2.45) is 0 Å². The first-order valence-electron chi connectivity index (χ1n) is 11.7. The van der Waals surface area contributed by atoms with Gasteiger partial charge in [-0.15, -0.1) is 11.8 Å². The second-order valence-corrected chi connectivity index (χ2v) is 10.7. The number of benzene rings is 2. The normalized spacial score (nSPS) is 21.5. The van der Waals surface area contributed by atoms with E-state index in [1.54, 1.807) is 23.9 Å². The number of carbonyl (C=O) groups is 2. The summed E-state index contributed by atoms with van der Waals surface area (Å²) in [6.07, 6.45) is 1.46. The Morgan fingerprint density at radius 1 is 1.17 bits per heavy atom. The minimum Gasteiger partial charge on any atom is -0.399 e. The van der Waals surface area contributed by atoms with Crippen LogP contribution in [0.5, 0.6) is 0 Å². The van der Waals surface area contributed by atoms with Gasteiger partial charge in [-0.25, -0.2) is 0 Å². The average Bonchev–Trinajstić information content (AvgIpc) is 3.52. The quantitative estimate of drug-likeness (QED) is 0.402. The highest BCUT2D eigenvalue weighted by Crippen LogP contribution is 2.36. The van der Waals surface area contributed by atoms with Gasteiger partial charge in [-0.2, -0.15) is 0 Å². The van der Waals surface area contributed by atoms with Gasteiger partial charge in [-0.1, -0.05) is 48.0 Å². The van der Waals surface area contributed by atoms with Crippen molar-refractivity contribution in [2.45, 2.75) is 49.2 Å². The molecule has 2 unspecified atom stereocenters. The molecule has 2 aliphatic heterocycles. The predicted octanol–water partition coefficient (Wildman–Crippen LogP) is 3.06. The van der Waals surface area contributed by atoms with Crippen LogP contribution in [0.1, 0.15) is 36.4 Å². The van der Waals surface area contributed by atoms with Gasteiger partial charge in [0.2, 0.25) is 0 Å². The molecule has 2 aromatic carbocycles. The maximum absolute atomic E-state index is 12.9. The molecule has 1 saturated heterocycles. The molecule has 0 aliphatic carbocycles. The molecule has 5 N–H and O–H groups in total. The third-order valence-electron chi connectivity index (χ3n) is 6.40. The molecule has 0 spiro atoms. The van der Waals surface area contributed by atoms with Crippen molar-refractivity contribution in [2.75, 3.05) is 18.8 Å². The zero-order chi connectivity index (χ0) is 24.9. The van der Waals surface area contributed by atoms with E-state index in [-0.39, 0.29) is 11.3 Å². The number of nitrogens with two attached hydrogens (primary N) is 1. The van der Waals surface area contributed by atoms with Crippen molar-refractivity contribution < 1.29 is 19.8 Å². The van der Waals surface area contributed by atoms with E-state index < -0.39 is 24.0 Å². The van der Waals surface area contributed by atoms with Crippen LogP contribution in [0.15, 0.2) is 59.5 Å². The molecule has 0 bridgehead atoms. The molecule has 9 heteroatoms. The third kappa shape index (κ3) is 6.19. The number of anilines is 1. The van der Waals surface area contributed by atoms with Gasteiger partial charge in [0.05, 0.1) is 6.04 Å². The number of nitrogens with zero attached hydrogens (tertiary/aromatic N) is 1. The highest BCUT2D eigenvalue weighted by atomic mass is 35.5. The number of hydrogen-bond acceptors (Lipinski definition) is 6. The number of likely N-dealkylation sites (tertiary alicyclic amines) is 1. The number of carbonyl (C=O) groups excluding carboxylic acids is 2. The van der Waals surface area contributed by atoms with Crippen LogP contribution < -0.4 is 11.1 Å². The molecule has 4 atom stereocenters. The van der Waals surface area contributed by atoms with E-state index in [0.717, 1.165) is 41.8 Å². The predicted molar refractivity (Wildman–Crippen MR) is 139 cm³/mol. The molecule has 0 aromatic heterocycles. The van der Waals surface area contributed by atoms with Crippen LogP contribution in [-0.4, -0.2) is 57.5 Å². The monoisotopic (exact) mass is 515 g/mol. The van der Waals surface area contributed by atoms with Gasteiger partial charge >= 0.3 is 0 Å². The van der Waals surface area contributed by atoms with E-state index in [1.165, 1.54) is 9.81 Å². The molecule has 0 radical (unpaired) electrons. The minimum atomic E-state index is -1.84. The molecule has 35 heavy (non-hydrogen) atoms. The lowest BCUT2D eigenvalue weighted by molar-refractivity contribution is -0.153. The van der Waals surface area contributed by atoms with Crippen LogP contribution >= 0.6 is 23.4 Å². The molecule has 2 aromatic rings. The maximum Gasteiger partial charge on any atom is 0.255 e. The second-order valence-electron chi connectivity index (χ2n) is 8.91. The number of allylic oxidation sites excluding steroid dienone is 2. The minimum absolute atomic E-state index is 0.114. The van der Waals surface area contributed by atoms with Gasteiger partial charge < -0.3 is 26.2 Å². The standard InChI is InChI=1S/C26H30ClN3O4S/c27-21-8-2-1-5-16(21)14-19-10-11-20(35-19)15-29-25(33)23(31)24(32)26(34)30-12-4-9-22(30)17-6-3-7-18(28)13-17/h1-3,5-8,10,13,20,22-24,31-32H,4,9,11-12,14-15,28H2,(H,29,33)/t20?,22?,23-,24-/m1/s1. The third-order valence-corrected chi connectivity index (χ3v) is 8.08. The van der Waals surface area contributed by atoms with Crippen molar-refractivity contribution in [1.82, 2.24) is 10.2 Å². The molecule has 2 aliphatic rings. The number of aliphatic hydroxyl groups is 2. The molecular formula is C26H30ClN3O4S. The molecule has 2 amide bonds. The molecule has 2 heterocycles. The summed E-state index contributed by atoms with van der Waals surface area (Å²) < 4.78 is 0. The van der Waals surface area contributed by atoms with Crippen molar-refractivity contribution in [3.05, 3.63) is 75.7 Å². The number of hydrogen-bond donors (Lipinski definition) is 4. The van der Waals surface area contributed by atoms with E-state index in [0.29, 0.717) is 18.8 Å². The Balaban J connectivity index is 1.27. The summed E-state index contributed by atoms with van der Waals surface area (Å²) in [4.78, 5) is 28.2. The van der Waals surface area contributed by atoms with Gasteiger partial charge in [0.1, 0.15) is 0 Å². The molecular weight excluding hydrogens is 486 g/mol. The number of nitrogen functional groups attached to an aromatic ring is 1. The number of nitrogens with one attached hydrogen (secondary N) is 1. The van der Waals surface area contributed by atoms with Gasteiger partial charge in [0, 0.05) is 35.5 Å². The van der Waals surface area contributed by atoms with Crippen LogP contribution in [0.4, 0.5) is 5.69 Å². The van der Waals surface area contributed by atoms with E-state index in [1.807, 2.05) is 36.4 Å². The summed E-state index contributed by atoms with van der Waals surface area (Å²) >= 11 is 7.91. The van der Waals surface area contributed by atoms with E-state index in [9.17, 15) is 19.8 Å². The van der Waals surface area contributed by atoms with Gasteiger partial charge in [-0.05, 0) is 53.5 Å². The van der Waals surface area contributed by atoms with Crippen LogP contribution in [0.25, 0.3) is 0 Å². The Hall–Kier alpha value is -2.52. The van der Waals surface area contributed by atoms with Crippen LogP contribution in [0.2, 0.25) is 5.02 Å². The topological polar surface area (TPSA) is 116 Å². The Morgan fingerprint density at radius 2 is 1.97 bits per heavy atom. The van der Waals surface area contributed by atoms with Crippen LogP contribution in [-0.2, 0) is 16.0 Å².